The van der Waals surface area contributed by atoms with Gasteiger partial charge >= 0.3 is 0 Å². The molecule has 6 rings (SSSR count). The lowest BCUT2D eigenvalue weighted by Gasteiger charge is -2.00. The fourth-order valence-electron chi connectivity index (χ4n) is 3.67. The predicted molar refractivity (Wildman–Crippen MR) is 120 cm³/mol. The van der Waals surface area contributed by atoms with Gasteiger partial charge in [-0.25, -0.2) is 4.98 Å². The van der Waals surface area contributed by atoms with Gasteiger partial charge in [0.15, 0.2) is 5.82 Å². The van der Waals surface area contributed by atoms with Gasteiger partial charge in [0, 0.05) is 26.9 Å². The summed E-state index contributed by atoms with van der Waals surface area (Å²) < 4.78 is 0. The average Bonchev–Trinajstić information content (AvgIpc) is 3.51. The number of benzene rings is 1. The van der Waals surface area contributed by atoms with E-state index in [0.29, 0.717) is 0 Å². The number of imidazole rings is 1. The minimum absolute atomic E-state index is 0.732. The van der Waals surface area contributed by atoms with E-state index in [2.05, 4.69) is 56.3 Å². The third kappa shape index (κ3) is 2.71. The monoisotopic (exact) mass is 408 g/mol. The lowest BCUT2D eigenvalue weighted by molar-refractivity contribution is 1.10. The van der Waals surface area contributed by atoms with Gasteiger partial charge in [0.2, 0.25) is 0 Å². The van der Waals surface area contributed by atoms with Crippen LogP contribution in [0.3, 0.4) is 0 Å². The molecule has 0 saturated carbocycles. The predicted octanol–water partition coefficient (Wildman–Crippen LogP) is 5.60. The van der Waals surface area contributed by atoms with Crippen molar-refractivity contribution < 1.29 is 0 Å². The number of pyridine rings is 2. The molecule has 0 amide bonds. The van der Waals surface area contributed by atoms with E-state index < -0.39 is 0 Å². The number of thiophene rings is 1. The minimum atomic E-state index is 0.732. The van der Waals surface area contributed by atoms with Gasteiger partial charge in [-0.05, 0) is 43.3 Å². The molecule has 0 radical (unpaired) electrons. The minimum Gasteiger partial charge on any atom is -0.337 e. The smallest absolute Gasteiger partial charge is 0.159 e. The Hall–Kier alpha value is -3.84. The van der Waals surface area contributed by atoms with E-state index in [0.717, 1.165) is 50.4 Å². The van der Waals surface area contributed by atoms with Crippen molar-refractivity contribution in [2.24, 2.45) is 0 Å². The van der Waals surface area contributed by atoms with Crippen LogP contribution in [0, 0.1) is 6.92 Å². The zero-order valence-corrected chi connectivity index (χ0v) is 16.9. The molecule has 6 aromatic rings. The Kier molecular flexibility index (Phi) is 3.75. The molecule has 0 atom stereocenters. The lowest BCUT2D eigenvalue weighted by Crippen LogP contribution is -1.87. The Bertz CT molecular complexity index is 1510. The van der Waals surface area contributed by atoms with Gasteiger partial charge in [-0.15, -0.1) is 11.3 Å². The molecule has 0 unspecified atom stereocenters. The summed E-state index contributed by atoms with van der Waals surface area (Å²) >= 11 is 1.77. The van der Waals surface area contributed by atoms with E-state index in [9.17, 15) is 0 Å². The van der Waals surface area contributed by atoms with Crippen LogP contribution in [0.15, 0.2) is 67.0 Å². The van der Waals surface area contributed by atoms with Crippen molar-refractivity contribution in [3.63, 3.8) is 0 Å². The maximum Gasteiger partial charge on any atom is 0.159 e. The third-order valence-corrected chi connectivity index (χ3v) is 6.15. The molecule has 6 nitrogen and oxygen atoms in total. The molecule has 7 heteroatoms. The van der Waals surface area contributed by atoms with E-state index in [1.165, 1.54) is 9.75 Å². The molecule has 0 bridgehead atoms. The Balaban J connectivity index is 1.52. The molecule has 5 aromatic heterocycles. The highest BCUT2D eigenvalue weighted by Gasteiger charge is 2.16. The van der Waals surface area contributed by atoms with Gasteiger partial charge in [0.1, 0.15) is 5.69 Å². The van der Waals surface area contributed by atoms with Crippen molar-refractivity contribution in [3.05, 3.63) is 71.9 Å². The maximum absolute atomic E-state index is 4.93. The summed E-state index contributed by atoms with van der Waals surface area (Å²) in [5, 5.41) is 8.55. The zero-order chi connectivity index (χ0) is 20.1. The Morgan fingerprint density at radius 1 is 0.900 bits per heavy atom. The fourth-order valence-corrected chi connectivity index (χ4v) is 4.57. The second-order valence-electron chi connectivity index (χ2n) is 7.10. The second-order valence-corrected chi connectivity index (χ2v) is 8.39. The Labute approximate surface area is 175 Å². The van der Waals surface area contributed by atoms with Crippen LogP contribution in [0.1, 0.15) is 4.88 Å². The van der Waals surface area contributed by atoms with Crippen LogP contribution in [0.2, 0.25) is 0 Å². The van der Waals surface area contributed by atoms with Gasteiger partial charge in [0.25, 0.3) is 0 Å². The summed E-state index contributed by atoms with van der Waals surface area (Å²) in [5.74, 6) is 0.732. The van der Waals surface area contributed by atoms with Crippen LogP contribution >= 0.6 is 11.3 Å². The molecular weight excluding hydrogens is 392 g/mol. The van der Waals surface area contributed by atoms with E-state index in [-0.39, 0.29) is 0 Å². The van der Waals surface area contributed by atoms with Crippen molar-refractivity contribution >= 4 is 33.3 Å². The number of hydrogen-bond acceptors (Lipinski definition) is 5. The summed E-state index contributed by atoms with van der Waals surface area (Å²) in [5.41, 5.74) is 6.33. The average molecular weight is 408 g/mol. The normalized spacial score (nSPS) is 11.5. The molecule has 2 N–H and O–H groups in total. The standard InChI is InChI=1S/C23H16N6S/c1-13-8-9-20(30-13)14-5-4-7-17-21(14)27-23(26-17)22-15-11-18(16-6-2-3-10-24-16)25-12-19(15)28-29-22/h2-12H,1H3,(H,26,27)(H,28,29). The van der Waals surface area contributed by atoms with E-state index in [4.69, 9.17) is 4.98 Å². The van der Waals surface area contributed by atoms with Crippen LogP contribution in [-0.2, 0) is 0 Å². The van der Waals surface area contributed by atoms with Gasteiger partial charge < -0.3 is 4.98 Å². The molecule has 0 aliphatic carbocycles. The van der Waals surface area contributed by atoms with E-state index in [1.807, 2.05) is 30.3 Å². The molecule has 0 fully saturated rings. The number of para-hydroxylation sites is 1. The van der Waals surface area contributed by atoms with Gasteiger partial charge in [0.05, 0.1) is 34.1 Å². The highest BCUT2D eigenvalue weighted by Crippen LogP contribution is 2.35. The number of aromatic nitrogens is 6. The summed E-state index contributed by atoms with van der Waals surface area (Å²) in [6.07, 6.45) is 3.56. The lowest BCUT2D eigenvalue weighted by atomic mass is 10.1. The van der Waals surface area contributed by atoms with Crippen molar-refractivity contribution in [1.29, 1.82) is 0 Å². The number of aromatic amines is 2. The first-order chi connectivity index (χ1) is 14.8. The first kappa shape index (κ1) is 17.1. The summed E-state index contributed by atoms with van der Waals surface area (Å²) in [6, 6.07) is 18.3. The number of nitrogens with one attached hydrogen (secondary N) is 2. The molecule has 0 saturated heterocycles. The Morgan fingerprint density at radius 3 is 2.70 bits per heavy atom. The van der Waals surface area contributed by atoms with Crippen LogP contribution in [0.4, 0.5) is 0 Å². The number of hydrogen-bond donors (Lipinski definition) is 2. The number of fused-ring (bicyclic) bond motifs is 2. The second kappa shape index (κ2) is 6.60. The highest BCUT2D eigenvalue weighted by molar-refractivity contribution is 7.15. The Morgan fingerprint density at radius 2 is 1.87 bits per heavy atom. The highest BCUT2D eigenvalue weighted by atomic mass is 32.1. The quantitative estimate of drug-likeness (QED) is 0.399. The number of nitrogens with zero attached hydrogens (tertiary/aromatic N) is 4. The molecule has 1 aromatic carbocycles. The molecule has 0 aliphatic heterocycles. The van der Waals surface area contributed by atoms with Crippen molar-refractivity contribution in [3.8, 4) is 33.3 Å². The number of aryl methyl sites for hydroxylation is 1. The fraction of sp³-hybridized carbons (Fsp3) is 0.0435. The maximum atomic E-state index is 4.93. The number of H-pyrrole nitrogens is 2. The largest absolute Gasteiger partial charge is 0.337 e. The number of rotatable bonds is 3. The molecule has 5 heterocycles. The van der Waals surface area contributed by atoms with Crippen molar-refractivity contribution in [1.82, 2.24) is 30.1 Å². The van der Waals surface area contributed by atoms with E-state index >= 15 is 0 Å². The summed E-state index contributed by atoms with van der Waals surface area (Å²) in [6.45, 7) is 2.12. The molecule has 30 heavy (non-hydrogen) atoms. The molecule has 0 spiro atoms. The van der Waals surface area contributed by atoms with Gasteiger partial charge in [-0.2, -0.15) is 5.10 Å². The van der Waals surface area contributed by atoms with Crippen LogP contribution in [0.25, 0.3) is 55.3 Å². The van der Waals surface area contributed by atoms with Crippen molar-refractivity contribution in [2.75, 3.05) is 0 Å². The zero-order valence-electron chi connectivity index (χ0n) is 16.0. The molecular formula is C23H16N6S. The SMILES string of the molecule is Cc1ccc(-c2cccc3[nH]c(-c4n[nH]c5cnc(-c6ccccn6)cc45)nc23)s1. The van der Waals surface area contributed by atoms with Crippen LogP contribution in [0.5, 0.6) is 0 Å². The first-order valence-electron chi connectivity index (χ1n) is 9.58. The van der Waals surface area contributed by atoms with Crippen LogP contribution < -0.4 is 0 Å². The summed E-state index contributed by atoms with van der Waals surface area (Å²) in [7, 11) is 0. The van der Waals surface area contributed by atoms with Gasteiger partial charge in [-0.1, -0.05) is 18.2 Å². The van der Waals surface area contributed by atoms with Gasteiger partial charge in [-0.3, -0.25) is 15.1 Å². The topological polar surface area (TPSA) is 83.1 Å². The summed E-state index contributed by atoms with van der Waals surface area (Å²) in [4.78, 5) is 19.8. The van der Waals surface area contributed by atoms with Crippen LogP contribution in [-0.4, -0.2) is 30.1 Å². The first-order valence-corrected chi connectivity index (χ1v) is 10.4. The van der Waals surface area contributed by atoms with Crippen molar-refractivity contribution in [2.45, 2.75) is 6.92 Å². The van der Waals surface area contributed by atoms with E-state index in [1.54, 1.807) is 23.7 Å². The molecule has 144 valence electrons. The molecule has 0 aliphatic rings. The third-order valence-electron chi connectivity index (χ3n) is 5.12.